The van der Waals surface area contributed by atoms with Crippen molar-refractivity contribution < 1.29 is 68.3 Å². The monoisotopic (exact) mass is 1560 g/mol. The summed E-state index contributed by atoms with van der Waals surface area (Å²) in [6.45, 7) is 55.3. The van der Waals surface area contributed by atoms with Gasteiger partial charge in [0.15, 0.2) is 0 Å². The molecule has 4 heterocycles. The zero-order valence-electron chi connectivity index (χ0n) is 71.1. The van der Waals surface area contributed by atoms with Gasteiger partial charge < -0.3 is 70.1 Å². The van der Waals surface area contributed by atoms with Crippen molar-refractivity contribution >= 4 is 58.3 Å². The molecule has 4 rings (SSSR count). The second-order valence-electron chi connectivity index (χ2n) is 33.8. The van der Waals surface area contributed by atoms with Gasteiger partial charge >= 0.3 is 0 Å². The molecule has 0 amide bonds. The Kier molecular flexibility index (Phi) is 53.0. The summed E-state index contributed by atoms with van der Waals surface area (Å²) in [5.41, 5.74) is 13.7. The number of aliphatic carboxylic acids is 2. The maximum absolute atomic E-state index is 12.9. The molecule has 632 valence electrons. The summed E-state index contributed by atoms with van der Waals surface area (Å²) in [5.74, 6) is -5.32. The Morgan fingerprint density at radius 1 is 0.509 bits per heavy atom. The lowest BCUT2D eigenvalue weighted by atomic mass is 9.73. The first-order valence-corrected chi connectivity index (χ1v) is 43.4. The molecule has 0 aliphatic carbocycles. The number of rotatable bonds is 54. The van der Waals surface area contributed by atoms with Gasteiger partial charge in [0.1, 0.15) is 11.6 Å². The lowest BCUT2D eigenvalue weighted by molar-refractivity contribution is -0.929. The summed E-state index contributed by atoms with van der Waals surface area (Å²) >= 11 is 3.22. The van der Waals surface area contributed by atoms with Crippen LogP contribution in [0.4, 0.5) is 0 Å². The average Bonchev–Trinajstić information content (AvgIpc) is 1.61. The van der Waals surface area contributed by atoms with Crippen molar-refractivity contribution in [1.29, 1.82) is 0 Å². The highest BCUT2D eigenvalue weighted by Gasteiger charge is 2.53. The summed E-state index contributed by atoms with van der Waals surface area (Å²) in [6.07, 6.45) is 26.7. The molecule has 0 bridgehead atoms. The Labute approximate surface area is 668 Å². The summed E-state index contributed by atoms with van der Waals surface area (Å²) in [6, 6.07) is -0.218. The number of carbonyl (C=O) groups excluding carboxylic acids is 4. The van der Waals surface area contributed by atoms with Gasteiger partial charge in [-0.1, -0.05) is 201 Å². The predicted octanol–water partition coefficient (Wildman–Crippen LogP) is 16.5. The molecule has 14 atom stereocenters. The van der Waals surface area contributed by atoms with E-state index in [0.717, 1.165) is 71.1 Å². The van der Waals surface area contributed by atoms with Gasteiger partial charge in [-0.05, 0) is 155 Å². The molecule has 4 unspecified atom stereocenters. The number of unbranched alkanes of at least 4 members (excludes halogenated alkanes) is 8. The number of epoxide rings is 2. The molecule has 2 aliphatic rings. The van der Waals surface area contributed by atoms with Crippen LogP contribution in [0.5, 0.6) is 0 Å². The first-order chi connectivity index (χ1) is 49.6. The minimum absolute atomic E-state index is 0. The van der Waals surface area contributed by atoms with E-state index in [9.17, 15) is 49.8 Å². The zero-order valence-corrected chi connectivity index (χ0v) is 72.7. The smallest absolute Gasteiger partial charge is 0.146 e. The number of nitrogens with zero attached hydrogens (tertiary/aromatic N) is 4. The zero-order chi connectivity index (χ0) is 80.8. The third-order valence-electron chi connectivity index (χ3n) is 23.4. The summed E-state index contributed by atoms with van der Waals surface area (Å²) in [4.78, 5) is 56.4. The van der Waals surface area contributed by atoms with Gasteiger partial charge in [0, 0.05) is 70.3 Å². The van der Waals surface area contributed by atoms with Crippen molar-refractivity contribution in [1.82, 2.24) is 9.97 Å². The molecule has 2 aromatic heterocycles. The maximum atomic E-state index is 12.9. The molecule has 2 fully saturated rings. The number of aliphatic hydroxyl groups is 4. The number of carbonyl (C=O) groups is 4. The second kappa shape index (κ2) is 53.6. The van der Waals surface area contributed by atoms with Crippen molar-refractivity contribution in [3.05, 3.63) is 43.3 Å². The van der Waals surface area contributed by atoms with Crippen molar-refractivity contribution in [3.63, 3.8) is 0 Å². The fourth-order valence-corrected chi connectivity index (χ4v) is 16.0. The standard InChI is InChI=1S/2C27H44N2O6S.2C16H36N.2CH4/c2*1-15(24(33)17(3)25(34)26(5,6)21(30)13-23(31)32)9-8-10-27(7)22(35-27)12-20(28)16(2)11-19-14-36-18(4)29-19;2*1-5-9-13-17(14-10-6-2,15-11-7-3)16-12-8-4;;/h2*11,14-15,17,20-22,24,30,33H,8-10,12-13,28H2,1-7H3,(H,31,32);2*5-16H2,1-4H3;2*1H4/q;;2*+1;;/p-2/b2*16-11+;;;;/t2*15-,17+,20?,21-,22?,24-,27+;;;;/m00..../s1. The highest BCUT2D eigenvalue weighted by molar-refractivity contribution is 7.09. The summed E-state index contributed by atoms with van der Waals surface area (Å²) in [7, 11) is 0. The number of ketones is 2. The van der Waals surface area contributed by atoms with Crippen molar-refractivity contribution in [2.75, 3.05) is 52.4 Å². The van der Waals surface area contributed by atoms with Gasteiger partial charge in [-0.15, -0.1) is 22.7 Å². The van der Waals surface area contributed by atoms with Crippen LogP contribution in [0.15, 0.2) is 21.9 Å². The molecule has 108 heavy (non-hydrogen) atoms. The van der Waals surface area contributed by atoms with Gasteiger partial charge in [-0.2, -0.15) is 0 Å². The highest BCUT2D eigenvalue weighted by atomic mass is 32.1. The van der Waals surface area contributed by atoms with Crippen molar-refractivity contribution in [3.8, 4) is 0 Å². The third kappa shape index (κ3) is 38.2. The largest absolute Gasteiger partial charge is 0.550 e. The lowest BCUT2D eigenvalue weighted by Gasteiger charge is -2.39. The van der Waals surface area contributed by atoms with E-state index in [1.165, 1.54) is 192 Å². The number of quaternary nitrogens is 2. The molecule has 0 radical (unpaired) electrons. The Morgan fingerprint density at radius 3 is 0.972 bits per heavy atom. The number of Topliss-reactive ketones (excluding diaryl/α,β-unsaturated/α-hetero) is 2. The van der Waals surface area contributed by atoms with Crippen LogP contribution in [0, 0.1) is 48.3 Å². The first-order valence-electron chi connectivity index (χ1n) is 41.6. The normalized spacial score (nSPS) is 20.2. The first kappa shape index (κ1) is 107. The maximum Gasteiger partial charge on any atom is 0.146 e. The van der Waals surface area contributed by atoms with E-state index in [1.54, 1.807) is 36.5 Å². The molecule has 0 spiro atoms. The number of aryl methyl sites for hydroxylation is 2. The number of nitrogens with two attached hydrogens (primary N) is 2. The molecule has 2 saturated heterocycles. The molecule has 8 N–H and O–H groups in total. The van der Waals surface area contributed by atoms with Crippen molar-refractivity contribution in [2.45, 2.75) is 394 Å². The molecule has 18 nitrogen and oxygen atoms in total. The van der Waals surface area contributed by atoms with Crippen LogP contribution in [0.1, 0.15) is 342 Å². The average molecular weight is 1560 g/mol. The number of hydrogen-bond acceptors (Lipinski definition) is 18. The topological polar surface area (TPSA) is 298 Å². The van der Waals surface area contributed by atoms with Crippen LogP contribution < -0.4 is 21.7 Å². The minimum atomic E-state index is -1.42. The molecule has 2 aromatic rings. The molecule has 0 saturated carbocycles. The van der Waals surface area contributed by atoms with Gasteiger partial charge in [0.2, 0.25) is 0 Å². The van der Waals surface area contributed by atoms with Crippen LogP contribution in [-0.2, 0) is 28.7 Å². The van der Waals surface area contributed by atoms with Crippen LogP contribution in [-0.4, -0.2) is 175 Å². The summed E-state index contributed by atoms with van der Waals surface area (Å²) < 4.78 is 14.8. The number of ether oxygens (including phenoxy) is 2. The Morgan fingerprint density at radius 2 is 0.759 bits per heavy atom. The second-order valence-corrected chi connectivity index (χ2v) is 36.0. The molecular weight excluding hydrogens is 1400 g/mol. The van der Waals surface area contributed by atoms with Crippen LogP contribution >= 0.6 is 22.7 Å². The third-order valence-corrected chi connectivity index (χ3v) is 25.0. The van der Waals surface area contributed by atoms with Crippen LogP contribution in [0.2, 0.25) is 0 Å². The molecule has 0 aromatic carbocycles. The van der Waals surface area contributed by atoms with Gasteiger partial charge in [0.25, 0.3) is 0 Å². The Bertz CT molecular complexity index is 2580. The highest BCUT2D eigenvalue weighted by Crippen LogP contribution is 2.46. The lowest BCUT2D eigenvalue weighted by Crippen LogP contribution is -2.50. The fraction of sp³-hybridized carbons (Fsp3) is 0.841. The number of aromatic nitrogens is 2. The van der Waals surface area contributed by atoms with E-state index in [4.69, 9.17) is 20.9 Å². The number of carboxylic acid groups (broad SMARTS) is 2. The minimum Gasteiger partial charge on any atom is -0.550 e. The molecular formula is C88H166N6O12S2. The number of hydrogen-bond donors (Lipinski definition) is 6. The molecule has 2 aliphatic heterocycles. The predicted molar refractivity (Wildman–Crippen MR) is 450 cm³/mol. The van der Waals surface area contributed by atoms with Crippen molar-refractivity contribution in [2.24, 2.45) is 46.0 Å². The number of thiazole rings is 2. The van der Waals surface area contributed by atoms with Crippen LogP contribution in [0.3, 0.4) is 0 Å². The van der Waals surface area contributed by atoms with Gasteiger partial charge in [-0.25, -0.2) is 9.97 Å². The van der Waals surface area contributed by atoms with E-state index < -0.39 is 71.9 Å². The van der Waals surface area contributed by atoms with Gasteiger partial charge in [-0.3, -0.25) is 9.59 Å². The van der Waals surface area contributed by atoms with Gasteiger partial charge in [0.05, 0.1) is 122 Å². The quantitative estimate of drug-likeness (QED) is 0.0265. The Balaban J connectivity index is 0. The van der Waals surface area contributed by atoms with E-state index >= 15 is 0 Å². The van der Waals surface area contributed by atoms with E-state index in [2.05, 4.69) is 79.2 Å². The van der Waals surface area contributed by atoms with Crippen LogP contribution in [0.25, 0.3) is 12.2 Å². The number of carboxylic acids is 2. The Hall–Kier alpha value is -3.38. The number of aliphatic hydroxyl groups excluding tert-OH is 4. The molecule has 20 heteroatoms. The fourth-order valence-electron chi connectivity index (χ4n) is 14.8. The van der Waals surface area contributed by atoms with E-state index in [-0.39, 0.29) is 73.7 Å². The van der Waals surface area contributed by atoms with E-state index in [1.807, 2.05) is 64.5 Å². The SMILES string of the molecule is C.C.C/C(=C\c1csc(C)n1)C(N)CC1O[C@]1(C)CCC[C@H](C)[C@H](O)[C@@H](C)C(=O)C(C)(C)[C@@H](O)CC(=O)[O-].C/C(=C\c1csc(C)n1)C(N)CC1O[C@]1(C)CCC[C@H](C)[C@H](O)[C@@H](C)C(=O)C(C)(C)[C@@H](O)CC(=O)[O-].CCCC[N+](CCCC)(CCCC)CCCC.CCCC[N+](CCCC)(CCCC)CCCC. The summed E-state index contributed by atoms with van der Waals surface area (Å²) in [5, 5.41) is 69.7. The van der Waals surface area contributed by atoms with E-state index in [0.29, 0.717) is 12.8 Å².